The molecule has 0 aliphatic carbocycles. The summed E-state index contributed by atoms with van der Waals surface area (Å²) in [4.78, 5) is 18.7. The van der Waals surface area contributed by atoms with Crippen molar-refractivity contribution in [1.82, 2.24) is 4.90 Å². The molecular weight excluding hydrogens is 348 g/mol. The molecule has 1 aliphatic rings. The van der Waals surface area contributed by atoms with E-state index in [2.05, 4.69) is 49.4 Å². The van der Waals surface area contributed by atoms with Gasteiger partial charge in [0.25, 0.3) is 5.91 Å². The van der Waals surface area contributed by atoms with Gasteiger partial charge in [-0.2, -0.15) is 0 Å². The Kier molecular flexibility index (Phi) is 4.88. The zero-order valence-electron chi connectivity index (χ0n) is 14.5. The Hall–Kier alpha value is -1.69. The van der Waals surface area contributed by atoms with E-state index in [-0.39, 0.29) is 5.91 Å². The normalized spacial score (nSPS) is 15.8. The van der Waals surface area contributed by atoms with Crippen LogP contribution >= 0.6 is 22.7 Å². The molecule has 1 amide bonds. The highest BCUT2D eigenvalue weighted by Gasteiger charge is 2.26. The first-order valence-electron chi connectivity index (χ1n) is 8.92. The number of benzene rings is 1. The monoisotopic (exact) mass is 371 g/mol. The van der Waals surface area contributed by atoms with Crippen molar-refractivity contribution in [3.63, 3.8) is 0 Å². The largest absolute Gasteiger partial charge is 0.328 e. The molecule has 1 fully saturated rings. The van der Waals surface area contributed by atoms with Crippen molar-refractivity contribution in [2.45, 2.75) is 19.9 Å². The average molecular weight is 372 g/mol. The fourth-order valence-electron chi connectivity index (χ4n) is 3.41. The first-order chi connectivity index (χ1) is 12.2. The summed E-state index contributed by atoms with van der Waals surface area (Å²) in [6.45, 7) is 7.00. The zero-order chi connectivity index (χ0) is 17.2. The number of thiophene rings is 2. The third-order valence-corrected chi connectivity index (χ3v) is 7.40. The highest BCUT2D eigenvalue weighted by molar-refractivity contribution is 7.39. The second-order valence-electron chi connectivity index (χ2n) is 6.62. The maximum absolute atomic E-state index is 12.8. The van der Waals surface area contributed by atoms with Gasteiger partial charge in [-0.1, -0.05) is 37.3 Å². The minimum atomic E-state index is 0.213. The van der Waals surface area contributed by atoms with Crippen LogP contribution in [0.15, 0.2) is 42.5 Å². The number of carbonyl (C=O) groups is 1. The fourth-order valence-corrected chi connectivity index (χ4v) is 5.81. The van der Waals surface area contributed by atoms with Crippen molar-refractivity contribution in [2.75, 3.05) is 26.2 Å². The molecule has 3 aromatic rings. The fraction of sp³-hybridized carbons (Fsp3) is 0.350. The van der Waals surface area contributed by atoms with Gasteiger partial charge in [0, 0.05) is 15.8 Å². The molecule has 1 saturated heterocycles. The molecule has 0 radical (unpaired) electrons. The number of nitrogens with one attached hydrogen (secondary N) is 1. The standard InChI is InChI=1S/C20H22N2OS2/c1-2-17-12-16-13-18(25-20(16)24-17)19(23)22-10-8-21(9-11-22)14-15-6-4-3-5-7-15/h3-7,12-13H,2,8-11,14H2,1H3/p+1. The average Bonchev–Trinajstić information content (AvgIpc) is 3.21. The van der Waals surface area contributed by atoms with E-state index in [4.69, 9.17) is 0 Å². The molecule has 0 spiro atoms. The summed E-state index contributed by atoms with van der Waals surface area (Å²) in [7, 11) is 0. The zero-order valence-corrected chi connectivity index (χ0v) is 16.1. The molecule has 130 valence electrons. The molecule has 1 aromatic carbocycles. The molecular formula is C20H23N2OS2+. The van der Waals surface area contributed by atoms with E-state index >= 15 is 0 Å². The van der Waals surface area contributed by atoms with E-state index < -0.39 is 0 Å². The quantitative estimate of drug-likeness (QED) is 0.749. The predicted molar refractivity (Wildman–Crippen MR) is 106 cm³/mol. The van der Waals surface area contributed by atoms with Crippen LogP contribution in [0.3, 0.4) is 0 Å². The SMILES string of the molecule is CCc1cc2cc(C(=O)N3CC[NH+](Cc4ccccc4)CC3)sc2s1. The van der Waals surface area contributed by atoms with Gasteiger partial charge in [0.2, 0.25) is 0 Å². The van der Waals surface area contributed by atoms with Crippen LogP contribution in [0, 0.1) is 0 Å². The van der Waals surface area contributed by atoms with Gasteiger partial charge in [0.05, 0.1) is 35.1 Å². The Bertz CT molecular complexity index is 829. The van der Waals surface area contributed by atoms with Crippen LogP contribution in [0.2, 0.25) is 0 Å². The smallest absolute Gasteiger partial charge is 0.264 e. The Morgan fingerprint density at radius 1 is 1.12 bits per heavy atom. The summed E-state index contributed by atoms with van der Waals surface area (Å²) in [5, 5.41) is 1.24. The van der Waals surface area contributed by atoms with E-state index in [1.54, 1.807) is 16.2 Å². The van der Waals surface area contributed by atoms with Gasteiger partial charge in [-0.05, 0) is 18.6 Å². The summed E-state index contributed by atoms with van der Waals surface area (Å²) < 4.78 is 1.29. The van der Waals surface area contributed by atoms with E-state index in [1.165, 1.54) is 19.8 Å². The highest BCUT2D eigenvalue weighted by Crippen LogP contribution is 2.34. The van der Waals surface area contributed by atoms with Gasteiger partial charge < -0.3 is 9.80 Å². The minimum Gasteiger partial charge on any atom is -0.328 e. The van der Waals surface area contributed by atoms with E-state index in [1.807, 2.05) is 16.2 Å². The third kappa shape index (κ3) is 3.64. The van der Waals surface area contributed by atoms with Gasteiger partial charge in [-0.25, -0.2) is 0 Å². The molecule has 0 bridgehead atoms. The Balaban J connectivity index is 1.37. The summed E-state index contributed by atoms with van der Waals surface area (Å²) in [6, 6.07) is 14.9. The lowest BCUT2D eigenvalue weighted by atomic mass is 10.2. The van der Waals surface area contributed by atoms with Crippen LogP contribution < -0.4 is 4.90 Å². The minimum absolute atomic E-state index is 0.213. The van der Waals surface area contributed by atoms with Crippen molar-refractivity contribution >= 4 is 38.0 Å². The maximum Gasteiger partial charge on any atom is 0.264 e. The van der Waals surface area contributed by atoms with E-state index in [0.29, 0.717) is 0 Å². The molecule has 3 heterocycles. The number of rotatable bonds is 4. The van der Waals surface area contributed by atoms with E-state index in [9.17, 15) is 4.79 Å². The van der Waals surface area contributed by atoms with Gasteiger partial charge in [0.1, 0.15) is 6.54 Å². The summed E-state index contributed by atoms with van der Waals surface area (Å²) in [5.41, 5.74) is 1.38. The Morgan fingerprint density at radius 2 is 1.88 bits per heavy atom. The first-order valence-corrected chi connectivity index (χ1v) is 10.5. The molecule has 0 saturated carbocycles. The maximum atomic E-state index is 12.8. The summed E-state index contributed by atoms with van der Waals surface area (Å²) >= 11 is 3.49. The lowest BCUT2D eigenvalue weighted by molar-refractivity contribution is -0.917. The van der Waals surface area contributed by atoms with Crippen LogP contribution in [0.5, 0.6) is 0 Å². The molecule has 1 aliphatic heterocycles. The van der Waals surface area contributed by atoms with Crippen molar-refractivity contribution in [1.29, 1.82) is 0 Å². The van der Waals surface area contributed by atoms with Crippen molar-refractivity contribution < 1.29 is 9.69 Å². The predicted octanol–water partition coefficient (Wildman–Crippen LogP) is 3.07. The number of piperazine rings is 1. The van der Waals surface area contributed by atoms with Crippen LogP contribution in [0.1, 0.15) is 27.0 Å². The molecule has 0 atom stereocenters. The molecule has 2 aromatic heterocycles. The molecule has 3 nitrogen and oxygen atoms in total. The Labute approximate surface area is 156 Å². The molecule has 4 rings (SSSR count). The topological polar surface area (TPSA) is 24.8 Å². The van der Waals surface area contributed by atoms with Gasteiger partial charge in [0.15, 0.2) is 0 Å². The van der Waals surface area contributed by atoms with Gasteiger partial charge in [-0.3, -0.25) is 4.79 Å². The van der Waals surface area contributed by atoms with Crippen molar-refractivity contribution in [3.05, 3.63) is 57.8 Å². The molecule has 25 heavy (non-hydrogen) atoms. The lowest BCUT2D eigenvalue weighted by Gasteiger charge is -2.32. The van der Waals surface area contributed by atoms with Crippen LogP contribution in [-0.4, -0.2) is 37.0 Å². The van der Waals surface area contributed by atoms with Crippen molar-refractivity contribution in [2.24, 2.45) is 0 Å². The van der Waals surface area contributed by atoms with Gasteiger partial charge in [-0.15, -0.1) is 22.7 Å². The van der Waals surface area contributed by atoms with Crippen molar-refractivity contribution in [3.8, 4) is 0 Å². The van der Waals surface area contributed by atoms with Crippen LogP contribution in [-0.2, 0) is 13.0 Å². The Morgan fingerprint density at radius 3 is 2.56 bits per heavy atom. The number of carbonyl (C=O) groups excluding carboxylic acids is 1. The lowest BCUT2D eigenvalue weighted by Crippen LogP contribution is -3.13. The van der Waals surface area contributed by atoms with E-state index in [0.717, 1.165) is 44.0 Å². The molecule has 5 heteroatoms. The second-order valence-corrected chi connectivity index (χ2v) is 9.07. The third-order valence-electron chi connectivity index (χ3n) is 4.88. The molecule has 1 N–H and O–H groups in total. The summed E-state index contributed by atoms with van der Waals surface area (Å²) in [6.07, 6.45) is 1.07. The number of nitrogens with zero attached hydrogens (tertiary/aromatic N) is 1. The summed E-state index contributed by atoms with van der Waals surface area (Å²) in [5.74, 6) is 0.213. The number of amides is 1. The molecule has 0 unspecified atom stereocenters. The number of quaternary nitrogens is 1. The number of aryl methyl sites for hydroxylation is 1. The highest BCUT2D eigenvalue weighted by atomic mass is 32.2. The number of fused-ring (bicyclic) bond motifs is 1. The number of hydrogen-bond donors (Lipinski definition) is 1. The second kappa shape index (κ2) is 7.28. The van der Waals surface area contributed by atoms with Crippen LogP contribution in [0.4, 0.5) is 0 Å². The first kappa shape index (κ1) is 16.8. The van der Waals surface area contributed by atoms with Gasteiger partial charge >= 0.3 is 0 Å². The number of hydrogen-bond acceptors (Lipinski definition) is 3. The van der Waals surface area contributed by atoms with Crippen LogP contribution in [0.25, 0.3) is 9.40 Å².